The van der Waals surface area contributed by atoms with Crippen LogP contribution in [0.3, 0.4) is 0 Å². The fraction of sp³-hybridized carbons (Fsp3) is 0.429. The van der Waals surface area contributed by atoms with Crippen molar-refractivity contribution in [2.45, 2.75) is 33.4 Å². The number of aromatic nitrogens is 3. The van der Waals surface area contributed by atoms with E-state index in [4.69, 9.17) is 5.73 Å². The van der Waals surface area contributed by atoms with Crippen molar-refractivity contribution in [1.82, 2.24) is 14.3 Å². The van der Waals surface area contributed by atoms with Gasteiger partial charge in [0.25, 0.3) is 0 Å². The van der Waals surface area contributed by atoms with E-state index in [1.807, 2.05) is 0 Å². The smallest absolute Gasteiger partial charge is 0.322 e. The molecule has 102 valence electrons. The molecule has 5 nitrogen and oxygen atoms in total. The molecule has 5 heteroatoms. The average Bonchev–Trinajstić information content (AvgIpc) is 2.59. The first-order valence-corrected chi connectivity index (χ1v) is 6.32. The first-order valence-electron chi connectivity index (χ1n) is 6.32. The van der Waals surface area contributed by atoms with Gasteiger partial charge in [0.15, 0.2) is 0 Å². The highest BCUT2D eigenvalue weighted by atomic mass is 16.2. The molecule has 0 radical (unpaired) electrons. The van der Waals surface area contributed by atoms with Crippen molar-refractivity contribution >= 4 is 0 Å². The number of hydrogen-bond acceptors (Lipinski definition) is 3. The number of nitrogens with two attached hydrogens (primary N) is 1. The van der Waals surface area contributed by atoms with E-state index in [0.29, 0.717) is 6.54 Å². The summed E-state index contributed by atoms with van der Waals surface area (Å²) in [5.41, 5.74) is 10.8. The van der Waals surface area contributed by atoms with E-state index in [2.05, 4.69) is 38.0 Å². The molecular formula is C14H20N4O. The molecule has 1 atom stereocenters. The number of nitrogens with zero attached hydrogens (tertiary/aromatic N) is 3. The highest BCUT2D eigenvalue weighted by Gasteiger charge is 2.15. The van der Waals surface area contributed by atoms with Crippen LogP contribution in [-0.2, 0) is 13.6 Å². The standard InChI is InChI=1S/C14H20N4O/c1-9-5-10(2)13(11(3)6-9)12(15)7-18-14(19)17(4)8-16-18/h5-6,8,12H,7,15H2,1-4H3. The van der Waals surface area contributed by atoms with E-state index in [9.17, 15) is 4.79 Å². The van der Waals surface area contributed by atoms with Crippen LogP contribution in [-0.4, -0.2) is 14.3 Å². The second-order valence-corrected chi connectivity index (χ2v) is 5.13. The van der Waals surface area contributed by atoms with Gasteiger partial charge < -0.3 is 5.73 Å². The minimum Gasteiger partial charge on any atom is -0.322 e. The van der Waals surface area contributed by atoms with Gasteiger partial charge in [0, 0.05) is 7.05 Å². The summed E-state index contributed by atoms with van der Waals surface area (Å²) in [6.07, 6.45) is 1.50. The third-order valence-corrected chi connectivity index (χ3v) is 3.37. The molecule has 0 fully saturated rings. The molecular weight excluding hydrogens is 240 g/mol. The highest BCUT2D eigenvalue weighted by molar-refractivity contribution is 5.39. The van der Waals surface area contributed by atoms with Crippen LogP contribution in [0, 0.1) is 20.8 Å². The zero-order chi connectivity index (χ0) is 14.2. The summed E-state index contributed by atoms with van der Waals surface area (Å²) in [5.74, 6) is 0. The summed E-state index contributed by atoms with van der Waals surface area (Å²) < 4.78 is 2.85. The summed E-state index contributed by atoms with van der Waals surface area (Å²) in [7, 11) is 1.68. The molecule has 0 saturated heterocycles. The Morgan fingerprint density at radius 3 is 2.32 bits per heavy atom. The Bertz CT molecular complexity index is 631. The van der Waals surface area contributed by atoms with Crippen molar-refractivity contribution in [1.29, 1.82) is 0 Å². The van der Waals surface area contributed by atoms with Gasteiger partial charge in [-0.3, -0.25) is 4.57 Å². The van der Waals surface area contributed by atoms with Crippen LogP contribution in [0.2, 0.25) is 0 Å². The lowest BCUT2D eigenvalue weighted by molar-refractivity contribution is 0.506. The quantitative estimate of drug-likeness (QED) is 0.902. The van der Waals surface area contributed by atoms with Gasteiger partial charge in [0.1, 0.15) is 6.33 Å². The fourth-order valence-electron chi connectivity index (χ4n) is 2.60. The molecule has 1 heterocycles. The number of hydrogen-bond donors (Lipinski definition) is 1. The first-order chi connectivity index (χ1) is 8.90. The molecule has 1 aromatic carbocycles. The summed E-state index contributed by atoms with van der Waals surface area (Å²) in [4.78, 5) is 11.8. The highest BCUT2D eigenvalue weighted by Crippen LogP contribution is 2.22. The molecule has 1 aromatic heterocycles. The normalized spacial score (nSPS) is 12.7. The lowest BCUT2D eigenvalue weighted by Gasteiger charge is -2.18. The van der Waals surface area contributed by atoms with Crippen molar-refractivity contribution in [3.63, 3.8) is 0 Å². The molecule has 0 aliphatic heterocycles. The summed E-state index contributed by atoms with van der Waals surface area (Å²) in [5, 5.41) is 4.04. The van der Waals surface area contributed by atoms with Crippen molar-refractivity contribution < 1.29 is 0 Å². The number of benzene rings is 1. The maximum atomic E-state index is 11.8. The molecule has 0 amide bonds. The van der Waals surface area contributed by atoms with E-state index >= 15 is 0 Å². The zero-order valence-corrected chi connectivity index (χ0v) is 11.8. The molecule has 0 aliphatic carbocycles. The van der Waals surface area contributed by atoms with Gasteiger partial charge in [-0.05, 0) is 37.5 Å². The lowest BCUT2D eigenvalue weighted by Crippen LogP contribution is -2.29. The van der Waals surface area contributed by atoms with Crippen molar-refractivity contribution in [3.8, 4) is 0 Å². The van der Waals surface area contributed by atoms with E-state index in [1.54, 1.807) is 7.05 Å². The van der Waals surface area contributed by atoms with E-state index in [-0.39, 0.29) is 11.7 Å². The van der Waals surface area contributed by atoms with Gasteiger partial charge >= 0.3 is 5.69 Å². The molecule has 2 N–H and O–H groups in total. The second kappa shape index (κ2) is 5.01. The molecule has 0 aliphatic rings. The van der Waals surface area contributed by atoms with Crippen LogP contribution in [0.25, 0.3) is 0 Å². The Morgan fingerprint density at radius 1 is 1.26 bits per heavy atom. The van der Waals surface area contributed by atoms with E-state index in [1.165, 1.54) is 21.1 Å². The van der Waals surface area contributed by atoms with E-state index < -0.39 is 0 Å². The SMILES string of the molecule is Cc1cc(C)c(C(N)Cn2ncn(C)c2=O)c(C)c1. The van der Waals surface area contributed by atoms with Gasteiger partial charge in [0.2, 0.25) is 0 Å². The third kappa shape index (κ3) is 2.61. The first kappa shape index (κ1) is 13.5. The van der Waals surface area contributed by atoms with Crippen LogP contribution in [0.5, 0.6) is 0 Å². The molecule has 0 spiro atoms. The Labute approximate surface area is 112 Å². The molecule has 0 saturated carbocycles. The Balaban J connectivity index is 2.33. The third-order valence-electron chi connectivity index (χ3n) is 3.37. The summed E-state index contributed by atoms with van der Waals surface area (Å²) >= 11 is 0. The van der Waals surface area contributed by atoms with Crippen LogP contribution in [0.1, 0.15) is 28.3 Å². The molecule has 2 rings (SSSR count). The van der Waals surface area contributed by atoms with Crippen molar-refractivity contribution in [2.75, 3.05) is 0 Å². The van der Waals surface area contributed by atoms with Crippen LogP contribution in [0.15, 0.2) is 23.3 Å². The molecule has 19 heavy (non-hydrogen) atoms. The second-order valence-electron chi connectivity index (χ2n) is 5.13. The maximum Gasteiger partial charge on any atom is 0.345 e. The largest absolute Gasteiger partial charge is 0.345 e. The van der Waals surface area contributed by atoms with Crippen molar-refractivity contribution in [2.24, 2.45) is 12.8 Å². The van der Waals surface area contributed by atoms with Crippen molar-refractivity contribution in [3.05, 3.63) is 51.2 Å². The average molecular weight is 260 g/mol. The van der Waals surface area contributed by atoms with Crippen LogP contribution < -0.4 is 11.4 Å². The van der Waals surface area contributed by atoms with Gasteiger partial charge in [-0.2, -0.15) is 5.10 Å². The molecule has 0 bridgehead atoms. The summed E-state index contributed by atoms with van der Waals surface area (Å²) in [6, 6.07) is 4.00. The Hall–Kier alpha value is -1.88. The summed E-state index contributed by atoms with van der Waals surface area (Å²) in [6.45, 7) is 6.57. The van der Waals surface area contributed by atoms with Crippen LogP contribution >= 0.6 is 0 Å². The lowest BCUT2D eigenvalue weighted by atomic mass is 9.94. The molecule has 2 aromatic rings. The number of aryl methyl sites for hydroxylation is 4. The zero-order valence-electron chi connectivity index (χ0n) is 11.8. The Kier molecular flexibility index (Phi) is 3.57. The van der Waals surface area contributed by atoms with Crippen LogP contribution in [0.4, 0.5) is 0 Å². The number of rotatable bonds is 3. The minimum atomic E-state index is -0.229. The van der Waals surface area contributed by atoms with Gasteiger partial charge in [-0.25, -0.2) is 9.48 Å². The van der Waals surface area contributed by atoms with Gasteiger partial charge in [-0.1, -0.05) is 17.7 Å². The Morgan fingerprint density at radius 2 is 1.84 bits per heavy atom. The minimum absolute atomic E-state index is 0.141. The van der Waals surface area contributed by atoms with E-state index in [0.717, 1.165) is 16.7 Å². The predicted octanol–water partition coefficient (Wildman–Crippen LogP) is 1.21. The maximum absolute atomic E-state index is 11.8. The predicted molar refractivity (Wildman–Crippen MR) is 75.0 cm³/mol. The topological polar surface area (TPSA) is 65.8 Å². The van der Waals surface area contributed by atoms with Gasteiger partial charge in [-0.15, -0.1) is 0 Å². The fourth-order valence-corrected chi connectivity index (χ4v) is 2.60. The van der Waals surface area contributed by atoms with Gasteiger partial charge in [0.05, 0.1) is 12.6 Å². The molecule has 1 unspecified atom stereocenters. The monoisotopic (exact) mass is 260 g/mol.